The van der Waals surface area contributed by atoms with Crippen LogP contribution in [0.3, 0.4) is 0 Å². The lowest BCUT2D eigenvalue weighted by molar-refractivity contribution is -0.284. The quantitative estimate of drug-likeness (QED) is 0.162. The van der Waals surface area contributed by atoms with Gasteiger partial charge in [0.2, 0.25) is 0 Å². The number of aliphatic hydroxyl groups is 1. The molecular weight excluding hydrogens is 575 g/mol. The van der Waals surface area contributed by atoms with Crippen LogP contribution in [0, 0.1) is 23.2 Å². The summed E-state index contributed by atoms with van der Waals surface area (Å²) in [7, 11) is -1.39. The molecule has 1 aromatic rings. The van der Waals surface area contributed by atoms with E-state index in [2.05, 4.69) is 6.92 Å². The van der Waals surface area contributed by atoms with Gasteiger partial charge in [0.15, 0.2) is 5.78 Å². The van der Waals surface area contributed by atoms with E-state index in [9.17, 15) is 41.2 Å². The van der Waals surface area contributed by atoms with Gasteiger partial charge < -0.3 is 10.2 Å². The van der Waals surface area contributed by atoms with Crippen molar-refractivity contribution in [2.75, 3.05) is 11.5 Å². The molecular formula is C32H45F5O4S. The van der Waals surface area contributed by atoms with Gasteiger partial charge in [-0.3, -0.25) is 9.00 Å². The summed E-state index contributed by atoms with van der Waals surface area (Å²) >= 11 is 0. The van der Waals surface area contributed by atoms with Crippen molar-refractivity contribution in [1.29, 1.82) is 0 Å². The topological polar surface area (TPSA) is 74.6 Å². The van der Waals surface area contributed by atoms with Crippen LogP contribution in [0.4, 0.5) is 22.0 Å². The summed E-state index contributed by atoms with van der Waals surface area (Å²) in [6, 6.07) is 5.23. The van der Waals surface area contributed by atoms with Gasteiger partial charge in [0.1, 0.15) is 5.75 Å². The van der Waals surface area contributed by atoms with Crippen molar-refractivity contribution in [3.63, 3.8) is 0 Å². The minimum Gasteiger partial charge on any atom is -0.508 e. The Balaban J connectivity index is 1.19. The maximum absolute atomic E-state index is 13.8. The van der Waals surface area contributed by atoms with Gasteiger partial charge in [-0.15, -0.1) is 0 Å². The van der Waals surface area contributed by atoms with E-state index in [1.807, 2.05) is 6.07 Å². The zero-order valence-corrected chi connectivity index (χ0v) is 25.3. The predicted octanol–water partition coefficient (Wildman–Crippen LogP) is 8.32. The molecule has 4 nitrogen and oxygen atoms in total. The fraction of sp³-hybridized carbons (Fsp3) is 0.781. The third kappa shape index (κ3) is 7.22. The van der Waals surface area contributed by atoms with Crippen LogP contribution >= 0.6 is 0 Å². The van der Waals surface area contributed by atoms with Crippen molar-refractivity contribution in [3.05, 3.63) is 29.3 Å². The molecule has 42 heavy (non-hydrogen) atoms. The molecule has 1 aromatic carbocycles. The predicted molar refractivity (Wildman–Crippen MR) is 153 cm³/mol. The third-order valence-corrected chi connectivity index (χ3v) is 11.9. The van der Waals surface area contributed by atoms with Crippen LogP contribution in [0.15, 0.2) is 18.2 Å². The lowest BCUT2D eigenvalue weighted by Crippen LogP contribution is -2.49. The molecule has 0 bridgehead atoms. The highest BCUT2D eigenvalue weighted by Crippen LogP contribution is 2.62. The first kappa shape index (κ1) is 33.3. The van der Waals surface area contributed by atoms with E-state index >= 15 is 0 Å². The number of alkyl halides is 5. The number of benzene rings is 1. The average molecular weight is 621 g/mol. The lowest BCUT2D eigenvalue weighted by atomic mass is 9.51. The molecule has 0 saturated heterocycles. The van der Waals surface area contributed by atoms with Crippen LogP contribution in [0.1, 0.15) is 119 Å². The third-order valence-electron chi connectivity index (χ3n) is 10.5. The standard InChI is InChI=1S/C32H45F5O4S/c1-30-17-15-23-22-12-11-21(38)20-25(22)29(40)24(28(23)26(30)13-14-27(30)39)10-7-5-3-2-4-6-8-18-42(41)19-9-16-31(33,34)32(35,36)37/h11-12,20,23-24,26-28,38-39H,2-10,13-19H2,1H3/t23-,24?,26+,27+,28-,30-,42?/m1/s1. The van der Waals surface area contributed by atoms with E-state index in [0.717, 1.165) is 76.2 Å². The number of ketones is 1. The number of aliphatic hydroxyl groups excluding tert-OH is 1. The highest BCUT2D eigenvalue weighted by molar-refractivity contribution is 7.84. The zero-order chi connectivity index (χ0) is 30.7. The maximum atomic E-state index is 13.8. The Morgan fingerprint density at radius 2 is 1.57 bits per heavy atom. The molecule has 2 saturated carbocycles. The number of phenols is 1. The number of halogens is 5. The Morgan fingerprint density at radius 3 is 2.26 bits per heavy atom. The molecule has 2 N–H and O–H groups in total. The Bertz CT molecular complexity index is 1110. The number of hydrogen-bond donors (Lipinski definition) is 2. The van der Waals surface area contributed by atoms with Gasteiger partial charge in [-0.1, -0.05) is 51.5 Å². The minimum atomic E-state index is -5.56. The highest BCUT2D eigenvalue weighted by atomic mass is 32.2. The number of phenolic OH excluding ortho intramolecular Hbond substituents is 1. The second-order valence-corrected chi connectivity index (χ2v) is 14.8. The number of unbranched alkanes of at least 4 members (excludes halogenated alkanes) is 6. The lowest BCUT2D eigenvalue weighted by Gasteiger charge is -2.52. The summed E-state index contributed by atoms with van der Waals surface area (Å²) < 4.78 is 74.5. The molecule has 0 aliphatic heterocycles. The number of Topliss-reactive ketones (excluding diaryl/α,β-unsaturated/α-hetero) is 1. The average Bonchev–Trinajstić information content (AvgIpc) is 3.22. The van der Waals surface area contributed by atoms with Crippen molar-refractivity contribution in [3.8, 4) is 5.75 Å². The molecule has 3 aliphatic carbocycles. The summed E-state index contributed by atoms with van der Waals surface area (Å²) in [5, 5.41) is 20.9. The SMILES string of the molecule is C[C@@]12CC[C@@H]3c4ccc(O)cc4C(=O)C(CCCCCCCCCS(=O)CCCC(F)(F)C(F)(F)F)[C@@H]3[C@@H]1CC[C@@H]2O. The Hall–Kier alpha value is -1.55. The number of carbonyl (C=O) groups excluding carboxylic acids is 1. The zero-order valence-electron chi connectivity index (χ0n) is 24.4. The highest BCUT2D eigenvalue weighted by Gasteiger charge is 2.58. The number of rotatable bonds is 14. The molecule has 10 heteroatoms. The van der Waals surface area contributed by atoms with E-state index in [4.69, 9.17) is 0 Å². The molecule has 3 aliphatic rings. The molecule has 2 unspecified atom stereocenters. The van der Waals surface area contributed by atoms with E-state index in [-0.39, 0.29) is 46.6 Å². The fourth-order valence-corrected chi connectivity index (χ4v) is 9.28. The van der Waals surface area contributed by atoms with Gasteiger partial charge in [-0.2, -0.15) is 22.0 Å². The van der Waals surface area contributed by atoms with Gasteiger partial charge in [0.25, 0.3) is 0 Å². The minimum absolute atomic E-state index is 0.106. The first-order chi connectivity index (χ1) is 19.8. The molecule has 0 radical (unpaired) electrons. The Morgan fingerprint density at radius 1 is 0.929 bits per heavy atom. The maximum Gasteiger partial charge on any atom is 0.453 e. The molecule has 0 spiro atoms. The number of fused-ring (bicyclic) bond motifs is 5. The van der Waals surface area contributed by atoms with Gasteiger partial charge in [-0.05, 0) is 85.8 Å². The van der Waals surface area contributed by atoms with Gasteiger partial charge in [0, 0.05) is 40.2 Å². The first-order valence-corrected chi connectivity index (χ1v) is 17.1. The Kier molecular flexibility index (Phi) is 10.8. The van der Waals surface area contributed by atoms with Crippen LogP contribution in [-0.4, -0.2) is 49.9 Å². The molecule has 0 amide bonds. The van der Waals surface area contributed by atoms with Gasteiger partial charge >= 0.3 is 12.1 Å². The fourth-order valence-electron chi connectivity index (χ4n) is 8.08. The van der Waals surface area contributed by atoms with Crippen LogP contribution in [-0.2, 0) is 10.8 Å². The monoisotopic (exact) mass is 620 g/mol. The van der Waals surface area contributed by atoms with E-state index in [0.29, 0.717) is 23.7 Å². The van der Waals surface area contributed by atoms with Crippen molar-refractivity contribution in [2.45, 2.75) is 121 Å². The summed E-state index contributed by atoms with van der Waals surface area (Å²) in [6.45, 7) is 2.20. The van der Waals surface area contributed by atoms with Crippen molar-refractivity contribution < 1.29 is 41.2 Å². The molecule has 0 aromatic heterocycles. The Labute approximate surface area is 248 Å². The molecule has 4 rings (SSSR count). The van der Waals surface area contributed by atoms with E-state index in [1.54, 1.807) is 12.1 Å². The number of hydrogen-bond acceptors (Lipinski definition) is 4. The summed E-state index contributed by atoms with van der Waals surface area (Å²) in [5.74, 6) is -3.62. The second kappa shape index (κ2) is 13.6. The molecule has 2 fully saturated rings. The molecule has 238 valence electrons. The van der Waals surface area contributed by atoms with Crippen LogP contribution in [0.2, 0.25) is 0 Å². The van der Waals surface area contributed by atoms with Crippen molar-refractivity contribution in [1.82, 2.24) is 0 Å². The molecule has 7 atom stereocenters. The van der Waals surface area contributed by atoms with E-state index in [1.165, 1.54) is 0 Å². The van der Waals surface area contributed by atoms with E-state index < -0.39 is 35.7 Å². The smallest absolute Gasteiger partial charge is 0.453 e. The number of carbonyl (C=O) groups is 1. The largest absolute Gasteiger partial charge is 0.508 e. The first-order valence-electron chi connectivity index (χ1n) is 15.6. The second-order valence-electron chi connectivity index (χ2n) is 13.1. The summed E-state index contributed by atoms with van der Waals surface area (Å²) in [6.07, 6.45) is 3.10. The van der Waals surface area contributed by atoms with Crippen molar-refractivity contribution >= 4 is 16.6 Å². The van der Waals surface area contributed by atoms with Crippen LogP contribution in [0.25, 0.3) is 0 Å². The molecule has 0 heterocycles. The normalized spacial score (nSPS) is 30.1. The van der Waals surface area contributed by atoms with Crippen molar-refractivity contribution in [2.24, 2.45) is 23.2 Å². The summed E-state index contributed by atoms with van der Waals surface area (Å²) in [4.78, 5) is 13.8. The van der Waals surface area contributed by atoms with Gasteiger partial charge in [-0.25, -0.2) is 0 Å². The summed E-state index contributed by atoms with van der Waals surface area (Å²) in [5.41, 5.74) is 1.57. The van der Waals surface area contributed by atoms with Gasteiger partial charge in [0.05, 0.1) is 6.10 Å². The number of aromatic hydroxyl groups is 1. The van der Waals surface area contributed by atoms with Crippen LogP contribution < -0.4 is 0 Å². The van der Waals surface area contributed by atoms with Crippen LogP contribution in [0.5, 0.6) is 5.75 Å².